The molecule has 0 amide bonds. The predicted octanol–water partition coefficient (Wildman–Crippen LogP) is 4.69. The van der Waals surface area contributed by atoms with Gasteiger partial charge in [-0.2, -0.15) is 0 Å². The summed E-state index contributed by atoms with van der Waals surface area (Å²) in [7, 11) is 0. The average Bonchev–Trinajstić information content (AvgIpc) is 2.30. The van der Waals surface area contributed by atoms with Crippen molar-refractivity contribution in [2.75, 3.05) is 5.33 Å². The van der Waals surface area contributed by atoms with Crippen LogP contribution in [0.3, 0.4) is 0 Å². The Morgan fingerprint density at radius 2 is 2.19 bits per heavy atom. The van der Waals surface area contributed by atoms with Gasteiger partial charge < -0.3 is 0 Å². The first kappa shape index (κ1) is 11.6. The van der Waals surface area contributed by atoms with Crippen molar-refractivity contribution in [3.8, 4) is 0 Å². The molecule has 1 nitrogen and oxygen atoms in total. The number of aromatic nitrogens is 1. The first-order valence-electron chi connectivity index (χ1n) is 5.08. The number of hydrogen-bond acceptors (Lipinski definition) is 1. The normalized spacial score (nSPS) is 11.4. The van der Waals surface area contributed by atoms with Gasteiger partial charge in [-0.15, -0.1) is 0 Å². The Kier molecular flexibility index (Phi) is 3.97. The second-order valence-corrected chi connectivity index (χ2v) is 4.65. The van der Waals surface area contributed by atoms with E-state index in [2.05, 4.69) is 39.1 Å². The second-order valence-electron chi connectivity index (χ2n) is 3.45. The monoisotopic (exact) mass is 295 g/mol. The van der Waals surface area contributed by atoms with Crippen LogP contribution in [0.2, 0.25) is 5.02 Å². The molecule has 0 saturated heterocycles. The van der Waals surface area contributed by atoms with Crippen LogP contribution < -0.4 is 0 Å². The van der Waals surface area contributed by atoms with Crippen molar-refractivity contribution in [2.45, 2.75) is 6.42 Å². The summed E-state index contributed by atoms with van der Waals surface area (Å²) in [6.07, 6.45) is 7.00. The minimum Gasteiger partial charge on any atom is -0.256 e. The number of nitrogens with zero attached hydrogens (tertiary/aromatic N) is 1. The highest BCUT2D eigenvalue weighted by Gasteiger charge is 1.99. The molecular weight excluding hydrogens is 286 g/mol. The summed E-state index contributed by atoms with van der Waals surface area (Å²) in [5.74, 6) is 0. The number of pyridine rings is 1. The topological polar surface area (TPSA) is 12.9 Å². The average molecular weight is 297 g/mol. The Bertz CT molecular complexity index is 522. The lowest BCUT2D eigenvalue weighted by Gasteiger charge is -2.00. The van der Waals surface area contributed by atoms with E-state index in [1.807, 2.05) is 18.2 Å². The maximum absolute atomic E-state index is 6.07. The molecule has 0 unspecified atom stereocenters. The van der Waals surface area contributed by atoms with Crippen LogP contribution in [0.1, 0.15) is 12.0 Å². The summed E-state index contributed by atoms with van der Waals surface area (Å²) in [6.45, 7) is 0. The highest BCUT2D eigenvalue weighted by Crippen LogP contribution is 2.22. The fraction of sp³-hybridized carbons (Fsp3) is 0.154. The molecule has 2 aromatic rings. The van der Waals surface area contributed by atoms with Crippen molar-refractivity contribution in [1.82, 2.24) is 4.98 Å². The number of alkyl halides is 1. The lowest BCUT2D eigenvalue weighted by Crippen LogP contribution is -1.81. The van der Waals surface area contributed by atoms with Crippen molar-refractivity contribution >= 4 is 44.5 Å². The summed E-state index contributed by atoms with van der Waals surface area (Å²) in [5.41, 5.74) is 2.09. The van der Waals surface area contributed by atoms with Gasteiger partial charge in [0.05, 0.1) is 10.5 Å². The number of allylic oxidation sites excluding steroid dienone is 1. The molecule has 1 heterocycles. The second kappa shape index (κ2) is 5.46. The van der Waals surface area contributed by atoms with Gasteiger partial charge in [0.15, 0.2) is 0 Å². The third-order valence-corrected chi connectivity index (χ3v) is 3.09. The highest BCUT2D eigenvalue weighted by atomic mass is 79.9. The SMILES string of the molecule is Clc1ccnc2cc(C=CCCBr)ccc12. The zero-order valence-electron chi connectivity index (χ0n) is 8.66. The molecule has 0 atom stereocenters. The van der Waals surface area contributed by atoms with Crippen molar-refractivity contribution in [3.63, 3.8) is 0 Å². The van der Waals surface area contributed by atoms with Gasteiger partial charge in [0.25, 0.3) is 0 Å². The molecule has 1 aromatic carbocycles. The van der Waals surface area contributed by atoms with Crippen LogP contribution in [0.4, 0.5) is 0 Å². The molecule has 0 aliphatic carbocycles. The van der Waals surface area contributed by atoms with Crippen LogP contribution in [-0.2, 0) is 0 Å². The molecule has 0 aliphatic heterocycles. The highest BCUT2D eigenvalue weighted by molar-refractivity contribution is 9.09. The Morgan fingerprint density at radius 3 is 3.00 bits per heavy atom. The summed E-state index contributed by atoms with van der Waals surface area (Å²) in [4.78, 5) is 4.30. The zero-order chi connectivity index (χ0) is 11.4. The van der Waals surface area contributed by atoms with Gasteiger partial charge in [0.2, 0.25) is 0 Å². The summed E-state index contributed by atoms with van der Waals surface area (Å²) in [5, 5.41) is 2.74. The standard InChI is InChI=1S/C13H11BrClN/c14-7-2-1-3-10-4-5-11-12(15)6-8-16-13(11)9-10/h1,3-6,8-9H,2,7H2. The van der Waals surface area contributed by atoms with Crippen molar-refractivity contribution < 1.29 is 0 Å². The Balaban J connectivity index is 2.37. The van der Waals surface area contributed by atoms with Crippen molar-refractivity contribution in [3.05, 3.63) is 47.1 Å². The Labute approximate surface area is 108 Å². The molecule has 0 N–H and O–H groups in total. The van der Waals surface area contributed by atoms with Crippen LogP contribution in [-0.4, -0.2) is 10.3 Å². The number of rotatable bonds is 3. The molecule has 0 saturated carbocycles. The number of benzene rings is 1. The molecule has 1 aromatic heterocycles. The number of hydrogen-bond donors (Lipinski definition) is 0. The first-order valence-corrected chi connectivity index (χ1v) is 6.58. The molecule has 0 bridgehead atoms. The maximum Gasteiger partial charge on any atom is 0.0722 e. The van der Waals surface area contributed by atoms with Crippen LogP contribution in [0.25, 0.3) is 17.0 Å². The smallest absolute Gasteiger partial charge is 0.0722 e. The van der Waals surface area contributed by atoms with E-state index in [-0.39, 0.29) is 0 Å². The molecular formula is C13H11BrClN. The van der Waals surface area contributed by atoms with E-state index < -0.39 is 0 Å². The van der Waals surface area contributed by atoms with E-state index in [9.17, 15) is 0 Å². The van der Waals surface area contributed by atoms with Gasteiger partial charge in [-0.3, -0.25) is 4.98 Å². The van der Waals surface area contributed by atoms with Crippen molar-refractivity contribution in [1.29, 1.82) is 0 Å². The fourth-order valence-corrected chi connectivity index (χ4v) is 2.00. The van der Waals surface area contributed by atoms with E-state index in [4.69, 9.17) is 11.6 Å². The molecule has 3 heteroatoms. The molecule has 0 aliphatic rings. The molecule has 82 valence electrons. The molecule has 0 radical (unpaired) electrons. The van der Waals surface area contributed by atoms with Crippen LogP contribution in [0, 0.1) is 0 Å². The van der Waals surface area contributed by atoms with Gasteiger partial charge >= 0.3 is 0 Å². The van der Waals surface area contributed by atoms with Crippen molar-refractivity contribution in [2.24, 2.45) is 0 Å². The van der Waals surface area contributed by atoms with Crippen LogP contribution in [0.5, 0.6) is 0 Å². The predicted molar refractivity (Wildman–Crippen MR) is 74.2 cm³/mol. The summed E-state index contributed by atoms with van der Waals surface area (Å²) in [6, 6.07) is 7.93. The van der Waals surface area contributed by atoms with E-state index >= 15 is 0 Å². The Morgan fingerprint density at radius 1 is 1.31 bits per heavy atom. The minimum absolute atomic E-state index is 0.751. The van der Waals surface area contributed by atoms with Gasteiger partial charge in [-0.1, -0.05) is 51.8 Å². The maximum atomic E-state index is 6.07. The molecule has 0 fully saturated rings. The third-order valence-electron chi connectivity index (χ3n) is 2.30. The zero-order valence-corrected chi connectivity index (χ0v) is 11.0. The molecule has 0 spiro atoms. The number of fused-ring (bicyclic) bond motifs is 1. The van der Waals surface area contributed by atoms with E-state index in [1.165, 1.54) is 0 Å². The van der Waals surface area contributed by atoms with E-state index in [1.54, 1.807) is 6.20 Å². The van der Waals surface area contributed by atoms with Crippen LogP contribution in [0.15, 0.2) is 36.5 Å². The Hall–Kier alpha value is -0.860. The van der Waals surface area contributed by atoms with Gasteiger partial charge in [0.1, 0.15) is 0 Å². The first-order chi connectivity index (χ1) is 7.81. The van der Waals surface area contributed by atoms with Gasteiger partial charge in [-0.05, 0) is 24.1 Å². The largest absolute Gasteiger partial charge is 0.256 e. The third kappa shape index (κ3) is 2.63. The molecule has 16 heavy (non-hydrogen) atoms. The minimum atomic E-state index is 0.751. The molecule has 2 rings (SSSR count). The van der Waals surface area contributed by atoms with Crippen LogP contribution >= 0.6 is 27.5 Å². The quantitative estimate of drug-likeness (QED) is 0.749. The summed E-state index contributed by atoms with van der Waals surface area (Å²) < 4.78 is 0. The fourth-order valence-electron chi connectivity index (χ4n) is 1.52. The summed E-state index contributed by atoms with van der Waals surface area (Å²) >= 11 is 9.46. The van der Waals surface area contributed by atoms with E-state index in [0.29, 0.717) is 0 Å². The number of halogens is 2. The lowest BCUT2D eigenvalue weighted by atomic mass is 10.1. The van der Waals surface area contributed by atoms with Gasteiger partial charge in [0, 0.05) is 16.9 Å². The lowest BCUT2D eigenvalue weighted by molar-refractivity contribution is 1.27. The van der Waals surface area contributed by atoms with Gasteiger partial charge in [-0.25, -0.2) is 0 Å². The van der Waals surface area contributed by atoms with E-state index in [0.717, 1.165) is 33.2 Å².